The number of rotatable bonds is 9. The van der Waals surface area contributed by atoms with Crippen molar-refractivity contribution in [2.24, 2.45) is 0 Å². The van der Waals surface area contributed by atoms with Crippen molar-refractivity contribution in [3.05, 3.63) is 52.3 Å². The number of aromatic nitrogens is 1. The zero-order valence-electron chi connectivity index (χ0n) is 18.5. The minimum Gasteiger partial charge on any atom is -0.462 e. The van der Waals surface area contributed by atoms with Gasteiger partial charge in [0.05, 0.1) is 23.4 Å². The molecule has 1 atom stereocenters. The van der Waals surface area contributed by atoms with E-state index in [1.807, 2.05) is 12.1 Å². The van der Waals surface area contributed by atoms with Crippen molar-refractivity contribution in [2.75, 3.05) is 24.6 Å². The smallest absolute Gasteiger partial charge is 0.340 e. The maximum Gasteiger partial charge on any atom is 0.340 e. The first-order chi connectivity index (χ1) is 14.2. The number of nitrogens with zero attached hydrogens (tertiary/aromatic N) is 1. The van der Waals surface area contributed by atoms with Crippen molar-refractivity contribution in [1.82, 2.24) is 4.98 Å². The maximum atomic E-state index is 12.8. The van der Waals surface area contributed by atoms with Crippen molar-refractivity contribution in [1.29, 1.82) is 0 Å². The Morgan fingerprint density at radius 3 is 2.13 bits per heavy atom. The molecule has 7 nitrogen and oxygen atoms in total. The number of benzene rings is 1. The Kier molecular flexibility index (Phi) is 7.80. The van der Waals surface area contributed by atoms with E-state index in [9.17, 15) is 14.4 Å². The first-order valence-electron chi connectivity index (χ1n) is 10.2. The van der Waals surface area contributed by atoms with Crippen molar-refractivity contribution < 1.29 is 23.9 Å². The van der Waals surface area contributed by atoms with Gasteiger partial charge in [-0.05, 0) is 71.4 Å². The number of Topliss-reactive ketones (excluding diaryl/α,β-unsaturated/α-hetero) is 1. The number of hydrogen-bond donors (Lipinski definition) is 1. The summed E-state index contributed by atoms with van der Waals surface area (Å²) in [6.45, 7) is 12.7. The summed E-state index contributed by atoms with van der Waals surface area (Å²) in [6, 6.07) is 7.10. The van der Waals surface area contributed by atoms with Crippen LogP contribution in [0.3, 0.4) is 0 Å². The predicted molar refractivity (Wildman–Crippen MR) is 115 cm³/mol. The fraction of sp³-hybridized carbons (Fsp3) is 0.435. The van der Waals surface area contributed by atoms with Gasteiger partial charge < -0.3 is 19.4 Å². The number of nitrogens with one attached hydrogen (secondary N) is 1. The number of ketones is 1. The lowest BCUT2D eigenvalue weighted by atomic mass is 10.1. The highest BCUT2D eigenvalue weighted by molar-refractivity contribution is 6.04. The molecule has 0 aliphatic carbocycles. The Balaban J connectivity index is 2.13. The molecule has 0 radical (unpaired) electrons. The van der Waals surface area contributed by atoms with Crippen LogP contribution in [0.15, 0.2) is 24.3 Å². The summed E-state index contributed by atoms with van der Waals surface area (Å²) >= 11 is 0. The molecule has 0 bridgehead atoms. The predicted octanol–water partition coefficient (Wildman–Crippen LogP) is 4.08. The highest BCUT2D eigenvalue weighted by Gasteiger charge is 2.27. The van der Waals surface area contributed by atoms with Gasteiger partial charge in [0.15, 0.2) is 6.10 Å². The van der Waals surface area contributed by atoms with E-state index in [1.165, 1.54) is 6.92 Å². The van der Waals surface area contributed by atoms with Crippen molar-refractivity contribution >= 4 is 23.4 Å². The first-order valence-corrected chi connectivity index (χ1v) is 10.2. The molecular weight excluding hydrogens is 384 g/mol. The summed E-state index contributed by atoms with van der Waals surface area (Å²) in [7, 11) is 0. The normalized spacial score (nSPS) is 11.7. The van der Waals surface area contributed by atoms with Gasteiger partial charge in [0.1, 0.15) is 0 Å². The van der Waals surface area contributed by atoms with Crippen LogP contribution in [0.1, 0.15) is 70.2 Å². The first kappa shape index (κ1) is 23.2. The largest absolute Gasteiger partial charge is 0.462 e. The van der Waals surface area contributed by atoms with E-state index < -0.39 is 23.8 Å². The van der Waals surface area contributed by atoms with E-state index in [0.717, 1.165) is 18.8 Å². The number of hydrogen-bond acceptors (Lipinski definition) is 6. The van der Waals surface area contributed by atoms with Crippen LogP contribution >= 0.6 is 0 Å². The number of carbonyl (C=O) groups excluding carboxylic acids is 3. The van der Waals surface area contributed by atoms with E-state index in [4.69, 9.17) is 9.47 Å². The number of ether oxygens (including phenoxy) is 2. The van der Waals surface area contributed by atoms with Crippen molar-refractivity contribution in [3.8, 4) is 0 Å². The summed E-state index contributed by atoms with van der Waals surface area (Å²) in [5.74, 6) is -1.46. The Morgan fingerprint density at radius 1 is 1.00 bits per heavy atom. The molecule has 0 aliphatic rings. The lowest BCUT2D eigenvalue weighted by molar-refractivity contribution is 0.0316. The molecule has 7 heteroatoms. The molecule has 1 heterocycles. The standard InChI is InChI=1S/C23H30N2O5/c1-7-25(8-2)18-12-10-17(11-13-18)22(27)30-16(6)21(26)20-14(4)19(15(5)24-20)23(28)29-9-3/h10-13,16,24H,7-9H2,1-6H3/t16-/m0/s1. The average Bonchev–Trinajstić information content (AvgIpc) is 3.02. The number of aromatic amines is 1. The van der Waals surface area contributed by atoms with Gasteiger partial charge in [-0.3, -0.25) is 4.79 Å². The lowest BCUT2D eigenvalue weighted by Crippen LogP contribution is -2.25. The van der Waals surface area contributed by atoms with E-state index >= 15 is 0 Å². The minimum atomic E-state index is -1.01. The molecule has 0 amide bonds. The number of aryl methyl sites for hydroxylation is 1. The fourth-order valence-electron chi connectivity index (χ4n) is 3.39. The molecule has 1 aromatic carbocycles. The van der Waals surface area contributed by atoms with Gasteiger partial charge in [-0.2, -0.15) is 0 Å². The molecular formula is C23H30N2O5. The van der Waals surface area contributed by atoms with Gasteiger partial charge in [0.25, 0.3) is 0 Å². The molecule has 1 N–H and O–H groups in total. The number of esters is 2. The van der Waals surface area contributed by atoms with E-state index in [1.54, 1.807) is 32.9 Å². The van der Waals surface area contributed by atoms with E-state index in [-0.39, 0.29) is 12.3 Å². The summed E-state index contributed by atoms with van der Waals surface area (Å²) in [4.78, 5) is 42.5. The maximum absolute atomic E-state index is 12.8. The van der Waals surface area contributed by atoms with Gasteiger partial charge in [-0.15, -0.1) is 0 Å². The Bertz CT molecular complexity index is 910. The zero-order chi connectivity index (χ0) is 22.4. The second-order valence-electron chi connectivity index (χ2n) is 6.98. The van der Waals surface area contributed by atoms with Gasteiger partial charge in [-0.1, -0.05) is 0 Å². The Morgan fingerprint density at radius 2 is 1.60 bits per heavy atom. The Hall–Kier alpha value is -3.09. The second-order valence-corrected chi connectivity index (χ2v) is 6.98. The summed E-state index contributed by atoms with van der Waals surface area (Å²) < 4.78 is 10.4. The van der Waals surface area contributed by atoms with Crippen LogP contribution < -0.4 is 4.90 Å². The molecule has 162 valence electrons. The molecule has 0 saturated heterocycles. The van der Waals surface area contributed by atoms with Crippen LogP contribution in [0, 0.1) is 13.8 Å². The quantitative estimate of drug-likeness (QED) is 0.491. The molecule has 1 aromatic heterocycles. The van der Waals surface area contributed by atoms with Crippen molar-refractivity contribution in [3.63, 3.8) is 0 Å². The van der Waals surface area contributed by atoms with Gasteiger partial charge >= 0.3 is 11.9 Å². The van der Waals surface area contributed by atoms with Gasteiger partial charge in [0.2, 0.25) is 5.78 Å². The third-order valence-corrected chi connectivity index (χ3v) is 5.05. The van der Waals surface area contributed by atoms with E-state index in [0.29, 0.717) is 22.4 Å². The zero-order valence-corrected chi connectivity index (χ0v) is 18.5. The van der Waals surface area contributed by atoms with Gasteiger partial charge in [-0.25, -0.2) is 9.59 Å². The van der Waals surface area contributed by atoms with E-state index in [2.05, 4.69) is 23.7 Å². The number of carbonyl (C=O) groups is 3. The highest BCUT2D eigenvalue weighted by Crippen LogP contribution is 2.22. The van der Waals surface area contributed by atoms with Gasteiger partial charge in [0, 0.05) is 24.5 Å². The molecule has 0 fully saturated rings. The average molecular weight is 415 g/mol. The fourth-order valence-corrected chi connectivity index (χ4v) is 3.39. The third kappa shape index (κ3) is 4.90. The molecule has 0 aliphatic heterocycles. The van der Waals surface area contributed by atoms with Crippen LogP contribution in [0.4, 0.5) is 5.69 Å². The minimum absolute atomic E-state index is 0.243. The molecule has 30 heavy (non-hydrogen) atoms. The molecule has 2 aromatic rings. The molecule has 2 rings (SSSR count). The SMILES string of the molecule is CCOC(=O)c1c(C)[nH]c(C(=O)[C@H](C)OC(=O)c2ccc(N(CC)CC)cc2)c1C. The van der Waals surface area contributed by atoms with Crippen LogP contribution in [0.25, 0.3) is 0 Å². The Labute approximate surface area is 177 Å². The second kappa shape index (κ2) is 10.1. The molecule has 0 saturated carbocycles. The third-order valence-electron chi connectivity index (χ3n) is 5.05. The summed E-state index contributed by atoms with van der Waals surface area (Å²) in [5.41, 5.74) is 3.00. The van der Waals surface area contributed by atoms with Crippen molar-refractivity contribution in [2.45, 2.75) is 47.6 Å². The van der Waals surface area contributed by atoms with Crippen LogP contribution in [-0.2, 0) is 9.47 Å². The molecule has 0 spiro atoms. The highest BCUT2D eigenvalue weighted by atomic mass is 16.5. The number of H-pyrrole nitrogens is 1. The summed E-state index contributed by atoms with van der Waals surface area (Å²) in [6.07, 6.45) is -1.01. The van der Waals surface area contributed by atoms with Crippen LogP contribution in [0.2, 0.25) is 0 Å². The lowest BCUT2D eigenvalue weighted by Gasteiger charge is -2.21. The number of anilines is 1. The summed E-state index contributed by atoms with van der Waals surface area (Å²) in [5, 5.41) is 0. The van der Waals surface area contributed by atoms with Crippen LogP contribution in [0.5, 0.6) is 0 Å². The molecule has 0 unspecified atom stereocenters. The van der Waals surface area contributed by atoms with Crippen LogP contribution in [-0.4, -0.2) is 48.5 Å². The monoisotopic (exact) mass is 414 g/mol. The topological polar surface area (TPSA) is 88.7 Å².